The summed E-state index contributed by atoms with van der Waals surface area (Å²) in [4.78, 5) is 17.2. The van der Waals surface area contributed by atoms with Gasteiger partial charge in [-0.1, -0.05) is 48.0 Å². The molecule has 0 fully saturated rings. The van der Waals surface area contributed by atoms with Crippen LogP contribution in [0.3, 0.4) is 0 Å². The van der Waals surface area contributed by atoms with Crippen molar-refractivity contribution in [3.8, 4) is 17.2 Å². The SMILES string of the molecule is C=CCOc1c(OC)ccc(C(=O)Cc2c(Cl)cncc2Cl)c1OCCc1cccc(F)c1. The van der Waals surface area contributed by atoms with Crippen LogP contribution in [0.25, 0.3) is 0 Å². The van der Waals surface area contributed by atoms with Crippen LogP contribution < -0.4 is 14.2 Å². The monoisotopic (exact) mass is 489 g/mol. The number of carbonyl (C=O) groups excluding carboxylic acids is 1. The van der Waals surface area contributed by atoms with Gasteiger partial charge in [0.1, 0.15) is 12.4 Å². The summed E-state index contributed by atoms with van der Waals surface area (Å²) < 4.78 is 30.7. The Morgan fingerprint density at radius 1 is 1.12 bits per heavy atom. The van der Waals surface area contributed by atoms with Gasteiger partial charge in [0, 0.05) is 30.8 Å². The highest BCUT2D eigenvalue weighted by Crippen LogP contribution is 2.41. The maximum Gasteiger partial charge on any atom is 0.204 e. The second-order valence-corrected chi connectivity index (χ2v) is 7.80. The molecule has 0 aliphatic heterocycles. The van der Waals surface area contributed by atoms with Crippen molar-refractivity contribution in [2.24, 2.45) is 0 Å². The van der Waals surface area contributed by atoms with Crippen molar-refractivity contribution in [3.63, 3.8) is 0 Å². The van der Waals surface area contributed by atoms with E-state index in [1.165, 1.54) is 31.6 Å². The second-order valence-electron chi connectivity index (χ2n) is 6.98. The van der Waals surface area contributed by atoms with Gasteiger partial charge >= 0.3 is 0 Å². The zero-order chi connectivity index (χ0) is 23.8. The van der Waals surface area contributed by atoms with Crippen LogP contribution in [0.4, 0.5) is 4.39 Å². The van der Waals surface area contributed by atoms with E-state index in [0.29, 0.717) is 27.8 Å². The summed E-state index contributed by atoms with van der Waals surface area (Å²) in [5, 5.41) is 0.585. The number of halogens is 3. The Morgan fingerprint density at radius 2 is 1.88 bits per heavy atom. The molecule has 0 saturated heterocycles. The van der Waals surface area contributed by atoms with Gasteiger partial charge in [-0.15, -0.1) is 0 Å². The number of nitrogens with zero attached hydrogens (tertiary/aromatic N) is 1. The molecule has 0 unspecified atom stereocenters. The van der Waals surface area contributed by atoms with E-state index in [2.05, 4.69) is 11.6 Å². The quantitative estimate of drug-likeness (QED) is 0.239. The average molecular weight is 490 g/mol. The van der Waals surface area contributed by atoms with E-state index in [-0.39, 0.29) is 48.3 Å². The number of hydrogen-bond donors (Lipinski definition) is 0. The molecular formula is C25H22Cl2FNO4. The van der Waals surface area contributed by atoms with Crippen LogP contribution in [0.5, 0.6) is 17.2 Å². The standard InChI is InChI=1S/C25H22Cl2FNO4/c1-3-10-32-25-23(31-2)8-7-18(22(30)13-19-20(26)14-29-15-21(19)27)24(25)33-11-9-16-5-4-6-17(28)12-16/h3-8,12,14-15H,1,9-11,13H2,2H3. The van der Waals surface area contributed by atoms with Gasteiger partial charge in [0.15, 0.2) is 17.3 Å². The maximum atomic E-state index is 13.5. The van der Waals surface area contributed by atoms with Crippen molar-refractivity contribution in [2.45, 2.75) is 12.8 Å². The highest BCUT2D eigenvalue weighted by Gasteiger charge is 2.23. The largest absolute Gasteiger partial charge is 0.493 e. The number of rotatable bonds is 11. The first-order valence-electron chi connectivity index (χ1n) is 10.1. The number of ether oxygens (including phenoxy) is 3. The third-order valence-electron chi connectivity index (χ3n) is 4.76. The van der Waals surface area contributed by atoms with Crippen LogP contribution in [-0.4, -0.2) is 31.1 Å². The van der Waals surface area contributed by atoms with Crippen LogP contribution >= 0.6 is 23.2 Å². The fourth-order valence-corrected chi connectivity index (χ4v) is 3.67. The Labute approximate surface area is 201 Å². The zero-order valence-electron chi connectivity index (χ0n) is 17.9. The predicted octanol–water partition coefficient (Wildman–Crippen LogP) is 6.15. The molecule has 1 aromatic heterocycles. The minimum Gasteiger partial charge on any atom is -0.493 e. The van der Waals surface area contributed by atoms with Gasteiger partial charge in [-0.2, -0.15) is 0 Å². The lowest BCUT2D eigenvalue weighted by Crippen LogP contribution is -2.12. The maximum absolute atomic E-state index is 13.5. The molecule has 1 heterocycles. The number of Topliss-reactive ketones (excluding diaryl/α,β-unsaturated/α-hetero) is 1. The van der Waals surface area contributed by atoms with Gasteiger partial charge in [0.2, 0.25) is 5.75 Å². The molecule has 0 aliphatic carbocycles. The van der Waals surface area contributed by atoms with Gasteiger partial charge in [-0.3, -0.25) is 9.78 Å². The topological polar surface area (TPSA) is 57.7 Å². The number of carbonyl (C=O) groups is 1. The highest BCUT2D eigenvalue weighted by atomic mass is 35.5. The first-order chi connectivity index (χ1) is 15.9. The average Bonchev–Trinajstić information content (AvgIpc) is 2.80. The van der Waals surface area contributed by atoms with Crippen LogP contribution in [0.1, 0.15) is 21.5 Å². The third-order valence-corrected chi connectivity index (χ3v) is 5.41. The molecule has 172 valence electrons. The number of hydrogen-bond acceptors (Lipinski definition) is 5. The molecule has 3 rings (SSSR count). The second kappa shape index (κ2) is 11.7. The van der Waals surface area contributed by atoms with Crippen molar-refractivity contribution < 1.29 is 23.4 Å². The van der Waals surface area contributed by atoms with Crippen molar-refractivity contribution in [3.05, 3.63) is 94.0 Å². The van der Waals surface area contributed by atoms with E-state index in [9.17, 15) is 9.18 Å². The molecule has 0 radical (unpaired) electrons. The van der Waals surface area contributed by atoms with Gasteiger partial charge in [0.25, 0.3) is 0 Å². The summed E-state index contributed by atoms with van der Waals surface area (Å²) in [6.45, 7) is 4.01. The Morgan fingerprint density at radius 3 is 2.55 bits per heavy atom. The number of benzene rings is 2. The van der Waals surface area contributed by atoms with E-state index in [1.54, 1.807) is 30.3 Å². The lowest BCUT2D eigenvalue weighted by molar-refractivity contribution is 0.0988. The van der Waals surface area contributed by atoms with Gasteiger partial charge in [0.05, 0.1) is 29.3 Å². The third kappa shape index (κ3) is 6.24. The number of pyridine rings is 1. The predicted molar refractivity (Wildman–Crippen MR) is 127 cm³/mol. The summed E-state index contributed by atoms with van der Waals surface area (Å²) in [6.07, 6.45) is 4.79. The van der Waals surface area contributed by atoms with Crippen LogP contribution in [0.2, 0.25) is 10.0 Å². The normalized spacial score (nSPS) is 10.5. The van der Waals surface area contributed by atoms with Gasteiger partial charge < -0.3 is 14.2 Å². The molecule has 0 bridgehead atoms. The van der Waals surface area contributed by atoms with Gasteiger partial charge in [-0.05, 0) is 29.8 Å². The molecule has 0 aliphatic rings. The van der Waals surface area contributed by atoms with E-state index in [1.807, 2.05) is 0 Å². The molecule has 33 heavy (non-hydrogen) atoms. The first-order valence-corrected chi connectivity index (χ1v) is 10.8. The molecular weight excluding hydrogens is 468 g/mol. The fourth-order valence-electron chi connectivity index (χ4n) is 3.17. The molecule has 0 N–H and O–H groups in total. The van der Waals surface area contributed by atoms with Crippen molar-refractivity contribution in [1.82, 2.24) is 4.98 Å². The minimum atomic E-state index is -0.328. The van der Waals surface area contributed by atoms with Crippen molar-refractivity contribution in [2.75, 3.05) is 20.3 Å². The Kier molecular flexibility index (Phi) is 8.69. The first kappa shape index (κ1) is 24.6. The molecule has 8 heteroatoms. The zero-order valence-corrected chi connectivity index (χ0v) is 19.5. The van der Waals surface area contributed by atoms with Gasteiger partial charge in [-0.25, -0.2) is 4.39 Å². The summed E-state index contributed by atoms with van der Waals surface area (Å²) >= 11 is 12.4. The van der Waals surface area contributed by atoms with E-state index in [4.69, 9.17) is 37.4 Å². The van der Waals surface area contributed by atoms with Crippen LogP contribution in [0, 0.1) is 5.82 Å². The van der Waals surface area contributed by atoms with E-state index in [0.717, 1.165) is 5.56 Å². The number of methoxy groups -OCH3 is 1. The summed E-state index contributed by atoms with van der Waals surface area (Å²) in [6, 6.07) is 9.46. The summed E-state index contributed by atoms with van der Waals surface area (Å²) in [5.41, 5.74) is 1.50. The molecule has 0 amide bonds. The smallest absolute Gasteiger partial charge is 0.204 e. The molecule has 5 nitrogen and oxygen atoms in total. The molecule has 0 saturated carbocycles. The highest BCUT2D eigenvalue weighted by molar-refractivity contribution is 6.36. The van der Waals surface area contributed by atoms with E-state index < -0.39 is 0 Å². The van der Waals surface area contributed by atoms with Crippen molar-refractivity contribution in [1.29, 1.82) is 0 Å². The fraction of sp³-hybridized carbons (Fsp3) is 0.200. The summed E-state index contributed by atoms with van der Waals surface area (Å²) in [5.74, 6) is 0.283. The minimum absolute atomic E-state index is 0.0618. The Balaban J connectivity index is 1.93. The molecule has 2 aromatic carbocycles. The van der Waals surface area contributed by atoms with Crippen LogP contribution in [0.15, 0.2) is 61.4 Å². The molecule has 0 atom stereocenters. The lowest BCUT2D eigenvalue weighted by atomic mass is 10.0. The molecule has 3 aromatic rings. The molecule has 0 spiro atoms. The van der Waals surface area contributed by atoms with Crippen molar-refractivity contribution >= 4 is 29.0 Å². The van der Waals surface area contributed by atoms with E-state index >= 15 is 0 Å². The number of aromatic nitrogens is 1. The Hall–Kier alpha value is -3.09. The number of ketones is 1. The summed E-state index contributed by atoms with van der Waals surface area (Å²) in [7, 11) is 1.49. The van der Waals surface area contributed by atoms with Crippen LogP contribution in [-0.2, 0) is 12.8 Å². The Bertz CT molecular complexity index is 1130. The lowest BCUT2D eigenvalue weighted by Gasteiger charge is -2.18.